The third-order valence-corrected chi connectivity index (χ3v) is 3.87. The third kappa shape index (κ3) is 3.62. The van der Waals surface area contributed by atoms with Crippen LogP contribution >= 0.6 is 0 Å². The first-order valence-corrected chi connectivity index (χ1v) is 6.30. The molecule has 78 valence electrons. The lowest BCUT2D eigenvalue weighted by molar-refractivity contribution is 0.326. The fourth-order valence-corrected chi connectivity index (χ4v) is 3.17. The normalized spacial score (nSPS) is 28.9. The number of sulfonamides is 1. The fraction of sp³-hybridized carbons (Fsp3) is 1.00. The number of nitrogens with one attached hydrogen (secondary N) is 1. The topological polar surface area (TPSA) is 72.2 Å². The zero-order chi connectivity index (χ0) is 10.1. The molecule has 1 aliphatic rings. The number of rotatable bonds is 4. The highest BCUT2D eigenvalue weighted by atomic mass is 32.2. The van der Waals surface area contributed by atoms with Crippen LogP contribution < -0.4 is 10.5 Å². The second-order valence-corrected chi connectivity index (χ2v) is 6.02. The fourth-order valence-electron chi connectivity index (χ4n) is 1.50. The van der Waals surface area contributed by atoms with E-state index < -0.39 is 10.0 Å². The Bertz CT molecular complexity index is 255. The van der Waals surface area contributed by atoms with Crippen LogP contribution in [0.4, 0.5) is 0 Å². The molecule has 1 rings (SSSR count). The molecule has 0 saturated heterocycles. The van der Waals surface area contributed by atoms with Crippen LogP contribution in [0.3, 0.4) is 0 Å². The molecule has 0 aliphatic heterocycles. The quantitative estimate of drug-likeness (QED) is 0.683. The molecule has 1 fully saturated rings. The first-order valence-electron chi connectivity index (χ1n) is 4.64. The van der Waals surface area contributed by atoms with Gasteiger partial charge in [-0.3, -0.25) is 0 Å². The van der Waals surface area contributed by atoms with E-state index in [1.807, 2.05) is 13.8 Å². The second-order valence-electron chi connectivity index (χ2n) is 4.22. The van der Waals surface area contributed by atoms with Gasteiger partial charge in [0.2, 0.25) is 10.0 Å². The Morgan fingerprint density at radius 1 is 1.46 bits per heavy atom. The molecule has 0 aromatic carbocycles. The van der Waals surface area contributed by atoms with Crippen LogP contribution in [0, 0.1) is 5.92 Å². The molecule has 3 N–H and O–H groups in total. The van der Waals surface area contributed by atoms with Gasteiger partial charge in [-0.2, -0.15) is 0 Å². The Balaban J connectivity index is 2.35. The minimum Gasteiger partial charge on any atom is -0.328 e. The van der Waals surface area contributed by atoms with Crippen LogP contribution in [-0.4, -0.2) is 26.3 Å². The van der Waals surface area contributed by atoms with E-state index in [0.717, 1.165) is 12.8 Å². The van der Waals surface area contributed by atoms with E-state index in [2.05, 4.69) is 4.72 Å². The molecule has 0 heterocycles. The predicted molar refractivity (Wildman–Crippen MR) is 52.8 cm³/mol. The molecule has 0 aromatic heterocycles. The van der Waals surface area contributed by atoms with Crippen molar-refractivity contribution in [3.8, 4) is 0 Å². The summed E-state index contributed by atoms with van der Waals surface area (Å²) in [6, 6.07) is 0.269. The Kier molecular flexibility index (Phi) is 3.32. The lowest BCUT2D eigenvalue weighted by atomic mass is 9.89. The third-order valence-electron chi connectivity index (χ3n) is 2.07. The lowest BCUT2D eigenvalue weighted by Gasteiger charge is -2.32. The monoisotopic (exact) mass is 206 g/mol. The number of hydrogen-bond acceptors (Lipinski definition) is 3. The van der Waals surface area contributed by atoms with Crippen LogP contribution in [0.25, 0.3) is 0 Å². The van der Waals surface area contributed by atoms with Gasteiger partial charge in [-0.25, -0.2) is 13.1 Å². The van der Waals surface area contributed by atoms with Gasteiger partial charge in [0.25, 0.3) is 0 Å². The van der Waals surface area contributed by atoms with Gasteiger partial charge >= 0.3 is 0 Å². The summed E-state index contributed by atoms with van der Waals surface area (Å²) in [6.07, 6.45) is 1.55. The Morgan fingerprint density at radius 3 is 2.38 bits per heavy atom. The summed E-state index contributed by atoms with van der Waals surface area (Å²) in [6.45, 7) is 3.79. The van der Waals surface area contributed by atoms with Gasteiger partial charge < -0.3 is 5.73 Å². The van der Waals surface area contributed by atoms with Crippen molar-refractivity contribution in [2.45, 2.75) is 38.8 Å². The SMILES string of the molecule is CC(C)CS(=O)(=O)NC1CC(N)C1. The molecule has 1 aliphatic carbocycles. The van der Waals surface area contributed by atoms with Gasteiger partial charge in [0.1, 0.15) is 0 Å². The summed E-state index contributed by atoms with van der Waals surface area (Å²) < 4.78 is 25.4. The molecule has 5 heteroatoms. The number of nitrogens with two attached hydrogens (primary N) is 1. The first kappa shape index (κ1) is 10.9. The lowest BCUT2D eigenvalue weighted by Crippen LogP contribution is -2.51. The van der Waals surface area contributed by atoms with Gasteiger partial charge in [-0.15, -0.1) is 0 Å². The second kappa shape index (κ2) is 3.94. The molecule has 0 atom stereocenters. The van der Waals surface area contributed by atoms with Crippen LogP contribution in [-0.2, 0) is 10.0 Å². The van der Waals surface area contributed by atoms with E-state index in [1.165, 1.54) is 0 Å². The average Bonchev–Trinajstić information content (AvgIpc) is 1.79. The Labute approximate surface area is 79.9 Å². The van der Waals surface area contributed by atoms with E-state index >= 15 is 0 Å². The van der Waals surface area contributed by atoms with Gasteiger partial charge in [-0.05, 0) is 18.8 Å². The van der Waals surface area contributed by atoms with Crippen molar-refractivity contribution in [3.63, 3.8) is 0 Å². The minimum absolute atomic E-state index is 0.0822. The molecule has 0 amide bonds. The zero-order valence-corrected chi connectivity index (χ0v) is 8.97. The molecular formula is C8H18N2O2S. The molecule has 4 nitrogen and oxygen atoms in total. The molecule has 0 radical (unpaired) electrons. The van der Waals surface area contributed by atoms with E-state index in [1.54, 1.807) is 0 Å². The zero-order valence-electron chi connectivity index (χ0n) is 8.16. The van der Waals surface area contributed by atoms with Crippen LogP contribution in [0.2, 0.25) is 0 Å². The summed E-state index contributed by atoms with van der Waals surface area (Å²) in [4.78, 5) is 0. The van der Waals surface area contributed by atoms with Crippen molar-refractivity contribution in [2.75, 3.05) is 5.75 Å². The maximum Gasteiger partial charge on any atom is 0.212 e. The molecular weight excluding hydrogens is 188 g/mol. The van der Waals surface area contributed by atoms with Gasteiger partial charge in [0.15, 0.2) is 0 Å². The Hall–Kier alpha value is -0.130. The minimum atomic E-state index is -3.07. The summed E-state index contributed by atoms with van der Waals surface area (Å²) in [5.74, 6) is 0.380. The molecule has 0 spiro atoms. The van der Waals surface area contributed by atoms with Crippen molar-refractivity contribution >= 4 is 10.0 Å². The van der Waals surface area contributed by atoms with Crippen molar-refractivity contribution in [1.29, 1.82) is 0 Å². The van der Waals surface area contributed by atoms with Gasteiger partial charge in [0.05, 0.1) is 5.75 Å². The molecule has 0 bridgehead atoms. The highest BCUT2D eigenvalue weighted by Gasteiger charge is 2.29. The smallest absolute Gasteiger partial charge is 0.212 e. The van der Waals surface area contributed by atoms with Gasteiger partial charge in [-0.1, -0.05) is 13.8 Å². The highest BCUT2D eigenvalue weighted by Crippen LogP contribution is 2.18. The van der Waals surface area contributed by atoms with Crippen LogP contribution in [0.5, 0.6) is 0 Å². The van der Waals surface area contributed by atoms with E-state index in [4.69, 9.17) is 5.73 Å². The summed E-state index contributed by atoms with van der Waals surface area (Å²) in [5.41, 5.74) is 5.55. The van der Waals surface area contributed by atoms with Crippen molar-refractivity contribution in [2.24, 2.45) is 11.7 Å². The maximum atomic E-state index is 11.4. The van der Waals surface area contributed by atoms with E-state index in [0.29, 0.717) is 0 Å². The first-order chi connectivity index (χ1) is 5.89. The predicted octanol–water partition coefficient (Wildman–Crippen LogP) is 0.0515. The average molecular weight is 206 g/mol. The molecule has 0 aromatic rings. The van der Waals surface area contributed by atoms with Crippen LogP contribution in [0.1, 0.15) is 26.7 Å². The summed E-state index contributed by atoms with van der Waals surface area (Å²) in [7, 11) is -3.07. The Morgan fingerprint density at radius 2 is 2.00 bits per heavy atom. The van der Waals surface area contributed by atoms with Gasteiger partial charge in [0, 0.05) is 12.1 Å². The molecule has 1 saturated carbocycles. The highest BCUT2D eigenvalue weighted by molar-refractivity contribution is 7.89. The molecule has 0 unspecified atom stereocenters. The number of hydrogen-bond donors (Lipinski definition) is 2. The van der Waals surface area contributed by atoms with Crippen molar-refractivity contribution in [1.82, 2.24) is 4.72 Å². The molecule has 13 heavy (non-hydrogen) atoms. The van der Waals surface area contributed by atoms with E-state index in [-0.39, 0.29) is 23.8 Å². The largest absolute Gasteiger partial charge is 0.328 e. The standard InChI is InChI=1S/C8H18N2O2S/c1-6(2)5-13(11,12)10-8-3-7(9)4-8/h6-8,10H,3-5,9H2,1-2H3. The summed E-state index contributed by atoms with van der Waals surface area (Å²) >= 11 is 0. The van der Waals surface area contributed by atoms with Crippen molar-refractivity contribution < 1.29 is 8.42 Å². The maximum absolute atomic E-state index is 11.4. The van der Waals surface area contributed by atoms with E-state index in [9.17, 15) is 8.42 Å². The van der Waals surface area contributed by atoms with Crippen LogP contribution in [0.15, 0.2) is 0 Å². The van der Waals surface area contributed by atoms with Crippen molar-refractivity contribution in [3.05, 3.63) is 0 Å². The summed E-state index contributed by atoms with van der Waals surface area (Å²) in [5, 5.41) is 0.